The van der Waals surface area contributed by atoms with Gasteiger partial charge < -0.3 is 24.6 Å². The fraction of sp³-hybridized carbons (Fsp3) is 0.429. The van der Waals surface area contributed by atoms with Crippen LogP contribution < -0.4 is 14.8 Å². The third-order valence-electron chi connectivity index (χ3n) is 3.37. The van der Waals surface area contributed by atoms with Crippen LogP contribution in [0, 0.1) is 5.92 Å². The third-order valence-corrected chi connectivity index (χ3v) is 3.37. The lowest BCUT2D eigenvalue weighted by Gasteiger charge is -2.17. The van der Waals surface area contributed by atoms with Gasteiger partial charge in [-0.05, 0) is 18.2 Å². The summed E-state index contributed by atoms with van der Waals surface area (Å²) in [5, 5.41) is 11.7. The number of amides is 1. The number of benzene rings is 1. The monoisotopic (exact) mass is 295 g/mol. The van der Waals surface area contributed by atoms with Crippen LogP contribution >= 0.6 is 0 Å². The van der Waals surface area contributed by atoms with Gasteiger partial charge in [0.05, 0.1) is 39.0 Å². The number of carboxylic acid groups (broad SMARTS) is 1. The van der Waals surface area contributed by atoms with Crippen molar-refractivity contribution in [2.45, 2.75) is 6.04 Å². The van der Waals surface area contributed by atoms with Gasteiger partial charge in [-0.25, -0.2) is 0 Å². The number of methoxy groups -OCH3 is 2. The Labute approximate surface area is 121 Å². The molecule has 1 saturated heterocycles. The highest BCUT2D eigenvalue weighted by atomic mass is 16.5. The van der Waals surface area contributed by atoms with Gasteiger partial charge >= 0.3 is 5.97 Å². The standard InChI is InChI=1S/C14H17NO6/c1-19-8-3-4-12(20-2)9(5-8)13(16)15-11-7-21-6-10(11)14(17)18/h3-5,10-11H,6-7H2,1-2H3,(H,15,16)(H,17,18). The van der Waals surface area contributed by atoms with Crippen LogP contribution in [0.25, 0.3) is 0 Å². The lowest BCUT2D eigenvalue weighted by Crippen LogP contribution is -2.42. The van der Waals surface area contributed by atoms with E-state index in [1.807, 2.05) is 0 Å². The molecule has 0 saturated carbocycles. The quantitative estimate of drug-likeness (QED) is 0.823. The van der Waals surface area contributed by atoms with E-state index in [0.29, 0.717) is 11.5 Å². The minimum absolute atomic E-state index is 0.0928. The predicted molar refractivity (Wildman–Crippen MR) is 72.7 cm³/mol. The molecular weight excluding hydrogens is 278 g/mol. The van der Waals surface area contributed by atoms with Gasteiger partial charge in [-0.1, -0.05) is 0 Å². The van der Waals surface area contributed by atoms with Crippen LogP contribution in [0.4, 0.5) is 0 Å². The molecule has 0 bridgehead atoms. The highest BCUT2D eigenvalue weighted by molar-refractivity contribution is 5.97. The van der Waals surface area contributed by atoms with Crippen molar-refractivity contribution in [2.75, 3.05) is 27.4 Å². The number of rotatable bonds is 5. The van der Waals surface area contributed by atoms with Gasteiger partial charge in [0.25, 0.3) is 5.91 Å². The lowest BCUT2D eigenvalue weighted by molar-refractivity contribution is -0.142. The van der Waals surface area contributed by atoms with Crippen molar-refractivity contribution >= 4 is 11.9 Å². The molecule has 1 fully saturated rings. The summed E-state index contributed by atoms with van der Waals surface area (Å²) >= 11 is 0. The number of carbonyl (C=O) groups is 2. The van der Waals surface area contributed by atoms with E-state index in [1.54, 1.807) is 18.2 Å². The van der Waals surface area contributed by atoms with Crippen LogP contribution in [-0.2, 0) is 9.53 Å². The maximum Gasteiger partial charge on any atom is 0.311 e. The van der Waals surface area contributed by atoms with Crippen LogP contribution in [0.3, 0.4) is 0 Å². The first-order valence-corrected chi connectivity index (χ1v) is 6.40. The highest BCUT2D eigenvalue weighted by Gasteiger charge is 2.35. The fourth-order valence-electron chi connectivity index (χ4n) is 2.18. The van der Waals surface area contributed by atoms with E-state index in [9.17, 15) is 9.59 Å². The van der Waals surface area contributed by atoms with Gasteiger partial charge in [0.1, 0.15) is 17.4 Å². The molecule has 1 heterocycles. The summed E-state index contributed by atoms with van der Waals surface area (Å²) in [5.74, 6) is -1.26. The molecule has 1 aromatic carbocycles. The maximum absolute atomic E-state index is 12.3. The average molecular weight is 295 g/mol. The van der Waals surface area contributed by atoms with Gasteiger partial charge in [-0.15, -0.1) is 0 Å². The Balaban J connectivity index is 2.18. The number of hydrogen-bond acceptors (Lipinski definition) is 5. The first-order chi connectivity index (χ1) is 10.1. The molecule has 21 heavy (non-hydrogen) atoms. The van der Waals surface area contributed by atoms with Gasteiger partial charge in [-0.3, -0.25) is 9.59 Å². The number of nitrogens with one attached hydrogen (secondary N) is 1. The number of carbonyl (C=O) groups excluding carboxylic acids is 1. The first-order valence-electron chi connectivity index (χ1n) is 6.40. The summed E-state index contributed by atoms with van der Waals surface area (Å²) in [7, 11) is 2.95. The average Bonchev–Trinajstić information content (AvgIpc) is 2.94. The van der Waals surface area contributed by atoms with E-state index in [2.05, 4.69) is 5.32 Å². The number of ether oxygens (including phenoxy) is 3. The van der Waals surface area contributed by atoms with Crippen molar-refractivity contribution in [3.63, 3.8) is 0 Å². The van der Waals surface area contributed by atoms with E-state index in [1.165, 1.54) is 14.2 Å². The summed E-state index contributed by atoms with van der Waals surface area (Å²) in [4.78, 5) is 23.4. The van der Waals surface area contributed by atoms with Gasteiger partial charge in [0, 0.05) is 0 Å². The Morgan fingerprint density at radius 1 is 1.29 bits per heavy atom. The van der Waals surface area contributed by atoms with Crippen molar-refractivity contribution < 1.29 is 28.9 Å². The van der Waals surface area contributed by atoms with E-state index < -0.39 is 23.8 Å². The molecule has 1 aliphatic heterocycles. The predicted octanol–water partition coefficient (Wildman–Crippen LogP) is 0.533. The van der Waals surface area contributed by atoms with E-state index in [-0.39, 0.29) is 18.8 Å². The zero-order valence-corrected chi connectivity index (χ0v) is 11.8. The van der Waals surface area contributed by atoms with E-state index in [0.717, 1.165) is 0 Å². The first kappa shape index (κ1) is 15.1. The molecule has 2 N–H and O–H groups in total. The second-order valence-corrected chi connectivity index (χ2v) is 4.63. The second-order valence-electron chi connectivity index (χ2n) is 4.63. The largest absolute Gasteiger partial charge is 0.497 e. The van der Waals surface area contributed by atoms with Crippen molar-refractivity contribution in [1.82, 2.24) is 5.32 Å². The van der Waals surface area contributed by atoms with Crippen molar-refractivity contribution in [3.05, 3.63) is 23.8 Å². The van der Waals surface area contributed by atoms with Gasteiger partial charge in [0.15, 0.2) is 0 Å². The topological polar surface area (TPSA) is 94.1 Å². The molecule has 7 heteroatoms. The normalized spacial score (nSPS) is 20.9. The van der Waals surface area contributed by atoms with Crippen LogP contribution in [0.5, 0.6) is 11.5 Å². The van der Waals surface area contributed by atoms with Crippen LogP contribution in [0.1, 0.15) is 10.4 Å². The molecule has 2 unspecified atom stereocenters. The van der Waals surface area contributed by atoms with E-state index in [4.69, 9.17) is 19.3 Å². The zero-order chi connectivity index (χ0) is 15.4. The molecule has 1 aliphatic rings. The molecule has 1 aromatic rings. The summed E-state index contributed by atoms with van der Waals surface area (Å²) in [6.45, 7) is 0.268. The van der Waals surface area contributed by atoms with Gasteiger partial charge in [-0.2, -0.15) is 0 Å². The summed E-state index contributed by atoms with van der Waals surface area (Å²) in [5.41, 5.74) is 0.285. The summed E-state index contributed by atoms with van der Waals surface area (Å²) in [6.07, 6.45) is 0. The molecule has 114 valence electrons. The highest BCUT2D eigenvalue weighted by Crippen LogP contribution is 2.24. The Morgan fingerprint density at radius 2 is 2.05 bits per heavy atom. The van der Waals surface area contributed by atoms with Crippen molar-refractivity contribution in [3.8, 4) is 11.5 Å². The van der Waals surface area contributed by atoms with Crippen molar-refractivity contribution in [1.29, 1.82) is 0 Å². The SMILES string of the molecule is COc1ccc(OC)c(C(=O)NC2COCC2C(=O)O)c1. The molecule has 2 rings (SSSR count). The lowest BCUT2D eigenvalue weighted by atomic mass is 10.0. The van der Waals surface area contributed by atoms with Crippen LogP contribution in [-0.4, -0.2) is 50.5 Å². The maximum atomic E-state index is 12.3. The summed E-state index contributed by atoms with van der Waals surface area (Å²) < 4.78 is 15.3. The van der Waals surface area contributed by atoms with Crippen LogP contribution in [0.2, 0.25) is 0 Å². The fourth-order valence-corrected chi connectivity index (χ4v) is 2.18. The zero-order valence-electron chi connectivity index (χ0n) is 11.8. The molecule has 0 aliphatic carbocycles. The Morgan fingerprint density at radius 3 is 2.67 bits per heavy atom. The third kappa shape index (κ3) is 3.25. The molecule has 0 radical (unpaired) electrons. The number of carboxylic acids is 1. The van der Waals surface area contributed by atoms with Gasteiger partial charge in [0.2, 0.25) is 0 Å². The molecule has 1 amide bonds. The Bertz CT molecular complexity index is 544. The molecule has 2 atom stereocenters. The van der Waals surface area contributed by atoms with Crippen LogP contribution in [0.15, 0.2) is 18.2 Å². The van der Waals surface area contributed by atoms with E-state index >= 15 is 0 Å². The Hall–Kier alpha value is -2.28. The summed E-state index contributed by atoms with van der Waals surface area (Å²) in [6, 6.07) is 4.27. The number of hydrogen-bond donors (Lipinski definition) is 2. The number of aliphatic carboxylic acids is 1. The second kappa shape index (κ2) is 6.45. The Kier molecular flexibility index (Phi) is 4.64. The smallest absolute Gasteiger partial charge is 0.311 e. The molecule has 0 aromatic heterocycles. The molecular formula is C14H17NO6. The van der Waals surface area contributed by atoms with Crippen molar-refractivity contribution in [2.24, 2.45) is 5.92 Å². The molecule has 0 spiro atoms. The minimum atomic E-state index is -0.990. The molecule has 7 nitrogen and oxygen atoms in total. The minimum Gasteiger partial charge on any atom is -0.497 e.